The molecule has 24 heavy (non-hydrogen) atoms. The molecular weight excluding hydrogens is 325 g/mol. The largest absolute Gasteiger partial charge is 0.467 e. The number of carbonyl (C=O) groups excluding carboxylic acids is 2. The van der Waals surface area contributed by atoms with E-state index in [1.165, 1.54) is 25.4 Å². The lowest BCUT2D eigenvalue weighted by molar-refractivity contribution is -0.147. The van der Waals surface area contributed by atoms with E-state index in [0.717, 1.165) is 11.3 Å². The van der Waals surface area contributed by atoms with Gasteiger partial charge in [-0.3, -0.25) is 0 Å². The van der Waals surface area contributed by atoms with E-state index in [1.807, 2.05) is 30.2 Å². The Morgan fingerprint density at radius 3 is 2.46 bits per heavy atom. The Labute approximate surface area is 143 Å². The van der Waals surface area contributed by atoms with Crippen LogP contribution in [0.1, 0.15) is 27.2 Å². The van der Waals surface area contributed by atoms with Crippen LogP contribution in [0.5, 0.6) is 0 Å². The van der Waals surface area contributed by atoms with Gasteiger partial charge in [0, 0.05) is 12.6 Å². The van der Waals surface area contributed by atoms with Gasteiger partial charge in [-0.15, -0.1) is 0 Å². The Balaban J connectivity index is 2.26. The van der Waals surface area contributed by atoms with Gasteiger partial charge in [-0.1, -0.05) is 17.2 Å². The number of hydrogen-bond donors (Lipinski definition) is 0. The molecule has 0 bridgehead atoms. The van der Waals surface area contributed by atoms with Crippen LogP contribution in [0.3, 0.4) is 0 Å². The molecule has 0 amide bonds. The van der Waals surface area contributed by atoms with Gasteiger partial charge in [0.05, 0.1) is 25.2 Å². The van der Waals surface area contributed by atoms with Gasteiger partial charge in [0.2, 0.25) is 0 Å². The summed E-state index contributed by atoms with van der Waals surface area (Å²) < 4.78 is 10.3. The van der Waals surface area contributed by atoms with Crippen LogP contribution >= 0.6 is 7.92 Å². The zero-order valence-electron chi connectivity index (χ0n) is 14.7. The van der Waals surface area contributed by atoms with E-state index in [9.17, 15) is 9.59 Å². The van der Waals surface area contributed by atoms with Crippen molar-refractivity contribution in [2.45, 2.75) is 32.5 Å². The first-order chi connectivity index (χ1) is 11.4. The topological polar surface area (TPSA) is 55.8 Å². The molecule has 0 radical (unpaired) electrons. The third kappa shape index (κ3) is 2.18. The first-order valence-electron chi connectivity index (χ1n) is 7.86. The second-order valence-electron chi connectivity index (χ2n) is 6.43. The number of nitrogens with zero attached hydrogens (tertiary/aromatic N) is 1. The van der Waals surface area contributed by atoms with Crippen molar-refractivity contribution in [1.29, 1.82) is 0 Å². The van der Waals surface area contributed by atoms with Crippen molar-refractivity contribution in [3.05, 3.63) is 46.1 Å². The van der Waals surface area contributed by atoms with Crippen LogP contribution < -0.4 is 0 Å². The van der Waals surface area contributed by atoms with Gasteiger partial charge in [0.25, 0.3) is 0 Å². The van der Waals surface area contributed by atoms with Crippen molar-refractivity contribution < 1.29 is 19.1 Å². The maximum atomic E-state index is 12.9. The third-order valence-electron chi connectivity index (χ3n) is 4.98. The SMILES string of the molecule is COC(=O)C1=C2C=CC(C)=CN2[C@]2(C(=O)OC)CC(C)=C(C)CP12. The predicted molar refractivity (Wildman–Crippen MR) is 93.3 cm³/mol. The Hall–Kier alpha value is -1.87. The van der Waals surface area contributed by atoms with Gasteiger partial charge >= 0.3 is 11.9 Å². The number of fused-ring (bicyclic) bond motifs is 3. The molecular formula is C18H22NO4P. The third-order valence-corrected chi connectivity index (χ3v) is 8.17. The number of allylic oxidation sites excluding steroid dienone is 4. The molecule has 0 aromatic heterocycles. The highest BCUT2D eigenvalue weighted by Crippen LogP contribution is 2.70. The Morgan fingerprint density at radius 2 is 1.83 bits per heavy atom. The van der Waals surface area contributed by atoms with Crippen LogP contribution in [0.25, 0.3) is 0 Å². The van der Waals surface area contributed by atoms with Crippen LogP contribution in [0.15, 0.2) is 46.1 Å². The quantitative estimate of drug-likeness (QED) is 0.436. The molecule has 0 aromatic carbocycles. The van der Waals surface area contributed by atoms with Gasteiger partial charge in [-0.05, 0) is 46.5 Å². The fourth-order valence-electron chi connectivity index (χ4n) is 3.60. The maximum Gasteiger partial charge on any atom is 0.340 e. The van der Waals surface area contributed by atoms with Crippen molar-refractivity contribution in [3.8, 4) is 0 Å². The van der Waals surface area contributed by atoms with E-state index in [1.54, 1.807) is 0 Å². The lowest BCUT2D eigenvalue weighted by Crippen LogP contribution is -2.50. The zero-order valence-corrected chi connectivity index (χ0v) is 15.6. The second kappa shape index (κ2) is 5.89. The van der Waals surface area contributed by atoms with Gasteiger partial charge in [0.15, 0.2) is 5.28 Å². The smallest absolute Gasteiger partial charge is 0.340 e. The van der Waals surface area contributed by atoms with Gasteiger partial charge in [0.1, 0.15) is 0 Å². The van der Waals surface area contributed by atoms with Gasteiger partial charge < -0.3 is 14.4 Å². The lowest BCUT2D eigenvalue weighted by atomic mass is 9.99. The summed E-state index contributed by atoms with van der Waals surface area (Å²) in [6, 6.07) is 0. The number of carbonyl (C=O) groups is 2. The molecule has 2 atom stereocenters. The van der Waals surface area contributed by atoms with Crippen LogP contribution in [-0.2, 0) is 19.1 Å². The van der Waals surface area contributed by atoms with E-state index in [0.29, 0.717) is 17.9 Å². The van der Waals surface area contributed by atoms with Crippen molar-refractivity contribution in [3.63, 3.8) is 0 Å². The van der Waals surface area contributed by atoms with E-state index >= 15 is 0 Å². The Kier molecular flexibility index (Phi) is 4.16. The van der Waals surface area contributed by atoms with Crippen molar-refractivity contribution >= 4 is 19.9 Å². The van der Waals surface area contributed by atoms with Gasteiger partial charge in [-0.2, -0.15) is 0 Å². The lowest BCUT2D eigenvalue weighted by Gasteiger charge is -2.44. The minimum atomic E-state index is -1.09. The highest BCUT2D eigenvalue weighted by Gasteiger charge is 2.61. The molecule has 6 heteroatoms. The number of rotatable bonds is 2. The van der Waals surface area contributed by atoms with Crippen molar-refractivity contribution in [2.24, 2.45) is 0 Å². The summed E-state index contributed by atoms with van der Waals surface area (Å²) in [5.74, 6) is -0.631. The van der Waals surface area contributed by atoms with E-state index < -0.39 is 13.2 Å². The minimum absolute atomic E-state index is 0.281. The van der Waals surface area contributed by atoms with Crippen LogP contribution in [0.2, 0.25) is 0 Å². The molecule has 0 aliphatic carbocycles. The van der Waals surface area contributed by atoms with Crippen molar-refractivity contribution in [2.75, 3.05) is 20.4 Å². The van der Waals surface area contributed by atoms with E-state index in [-0.39, 0.29) is 11.9 Å². The zero-order chi connectivity index (χ0) is 17.6. The van der Waals surface area contributed by atoms with Crippen LogP contribution in [0, 0.1) is 0 Å². The van der Waals surface area contributed by atoms with E-state index in [4.69, 9.17) is 9.47 Å². The highest BCUT2D eigenvalue weighted by atomic mass is 31.1. The average Bonchev–Trinajstić information content (AvgIpc) is 2.84. The molecule has 128 valence electrons. The van der Waals surface area contributed by atoms with Crippen LogP contribution in [-0.4, -0.2) is 42.5 Å². The Bertz CT molecular complexity index is 746. The summed E-state index contributed by atoms with van der Waals surface area (Å²) in [6.07, 6.45) is 7.10. The summed E-state index contributed by atoms with van der Waals surface area (Å²) in [5.41, 5.74) is 4.23. The van der Waals surface area contributed by atoms with Crippen molar-refractivity contribution in [1.82, 2.24) is 4.90 Å². The molecule has 3 rings (SSSR count). The number of methoxy groups -OCH3 is 2. The maximum absolute atomic E-state index is 12.9. The fourth-order valence-corrected chi connectivity index (χ4v) is 7.07. The molecule has 0 saturated heterocycles. The summed E-state index contributed by atoms with van der Waals surface area (Å²) in [6.45, 7) is 6.11. The standard InChI is InChI=1S/C18H22NO4P/c1-11-6-7-14-15(16(20)22-4)24-10-13(3)12(2)8-18(24,17(21)23-5)19(14)9-11/h6-7,9H,8,10H2,1-5H3/t18-,24?/m1/s1. The number of hydrogen-bond acceptors (Lipinski definition) is 5. The molecule has 1 unspecified atom stereocenters. The number of esters is 2. The molecule has 5 nitrogen and oxygen atoms in total. The highest BCUT2D eigenvalue weighted by molar-refractivity contribution is 7.66. The molecule has 0 N–H and O–H groups in total. The summed E-state index contributed by atoms with van der Waals surface area (Å²) >= 11 is 0. The normalized spacial score (nSPS) is 28.5. The molecule has 0 fully saturated rings. The summed E-state index contributed by atoms with van der Waals surface area (Å²) in [5, 5.41) is -0.219. The van der Waals surface area contributed by atoms with Gasteiger partial charge in [-0.25, -0.2) is 9.59 Å². The summed E-state index contributed by atoms with van der Waals surface area (Å²) in [7, 11) is 1.71. The second-order valence-corrected chi connectivity index (χ2v) is 8.79. The predicted octanol–water partition coefficient (Wildman–Crippen LogP) is 3.25. The first-order valence-corrected chi connectivity index (χ1v) is 9.39. The van der Waals surface area contributed by atoms with Crippen LogP contribution in [0.4, 0.5) is 0 Å². The molecule has 3 aliphatic heterocycles. The molecule has 3 heterocycles. The fraction of sp³-hybridized carbons (Fsp3) is 0.444. The molecule has 0 spiro atoms. The summed E-state index contributed by atoms with van der Waals surface area (Å²) in [4.78, 5) is 27.4. The van der Waals surface area contributed by atoms with E-state index in [2.05, 4.69) is 13.8 Å². The molecule has 3 aliphatic rings. The number of ether oxygens (including phenoxy) is 2. The first kappa shape index (κ1) is 17.0. The molecule has 0 aromatic rings. The average molecular weight is 347 g/mol. The molecule has 0 saturated carbocycles. The Morgan fingerprint density at radius 1 is 1.12 bits per heavy atom. The minimum Gasteiger partial charge on any atom is -0.467 e. The monoisotopic (exact) mass is 347 g/mol.